The Morgan fingerprint density at radius 2 is 1.47 bits per heavy atom. The van der Waals surface area contributed by atoms with Crippen LogP contribution in [0.25, 0.3) is 16.8 Å². The van der Waals surface area contributed by atoms with Gasteiger partial charge in [-0.05, 0) is 82.8 Å². The van der Waals surface area contributed by atoms with Crippen LogP contribution in [0.3, 0.4) is 0 Å². The second-order valence-electron chi connectivity index (χ2n) is 14.4. The molecule has 10 heteroatoms. The van der Waals surface area contributed by atoms with Gasteiger partial charge < -0.3 is 4.74 Å². The molecule has 0 spiro atoms. The molecule has 2 aliphatic heterocycles. The Morgan fingerprint density at radius 3 is 2.18 bits per heavy atom. The van der Waals surface area contributed by atoms with Crippen molar-refractivity contribution in [2.75, 3.05) is 11.5 Å². The largest absolute Gasteiger partial charge is 0.463 e. The number of aromatic nitrogens is 1. The van der Waals surface area contributed by atoms with E-state index in [1.807, 2.05) is 97.1 Å². The number of allylic oxidation sites excluding steroid dienone is 1. The zero-order chi connectivity index (χ0) is 37.7. The first kappa shape index (κ1) is 33.3. The van der Waals surface area contributed by atoms with Gasteiger partial charge in [0.1, 0.15) is 5.82 Å². The van der Waals surface area contributed by atoms with Crippen LogP contribution in [0.1, 0.15) is 53.6 Å². The Labute approximate surface area is 318 Å². The van der Waals surface area contributed by atoms with Crippen LogP contribution in [0.2, 0.25) is 0 Å². The third kappa shape index (κ3) is 4.51. The van der Waals surface area contributed by atoms with Crippen molar-refractivity contribution in [3.8, 4) is 0 Å². The quantitative estimate of drug-likeness (QED) is 0.153. The maximum absolute atomic E-state index is 15.2. The number of anilines is 1. The topological polar surface area (TPSA) is 98.0 Å². The second-order valence-corrected chi connectivity index (χ2v) is 15.4. The first-order valence-corrected chi connectivity index (χ1v) is 19.1. The van der Waals surface area contributed by atoms with E-state index in [-0.39, 0.29) is 23.6 Å². The van der Waals surface area contributed by atoms with Crippen LogP contribution < -0.4 is 19.8 Å². The molecule has 3 atom stereocenters. The lowest BCUT2D eigenvalue weighted by Gasteiger charge is -2.53. The summed E-state index contributed by atoms with van der Waals surface area (Å²) >= 11 is 1.20. The number of amides is 2. The summed E-state index contributed by atoms with van der Waals surface area (Å²) in [6, 6.07) is 33.9. The zero-order valence-corrected chi connectivity index (χ0v) is 30.5. The Kier molecular flexibility index (Phi) is 7.35. The minimum absolute atomic E-state index is 0.148. The molecular weight excluding hydrogens is 714 g/mol. The van der Waals surface area contributed by atoms with Crippen molar-refractivity contribution >= 4 is 51.7 Å². The number of carbonyl (C=O) groups excluding carboxylic acids is 3. The van der Waals surface area contributed by atoms with Gasteiger partial charge in [0, 0.05) is 5.92 Å². The number of nitrogens with zero attached hydrogens (tertiary/aromatic N) is 3. The number of carbonyl (C=O) groups is 3. The number of rotatable bonds is 5. The van der Waals surface area contributed by atoms with Crippen LogP contribution >= 0.6 is 11.3 Å². The van der Waals surface area contributed by atoms with Crippen LogP contribution in [-0.2, 0) is 24.5 Å². The molecule has 55 heavy (non-hydrogen) atoms. The molecule has 0 unspecified atom stereocenters. The van der Waals surface area contributed by atoms with Crippen LogP contribution in [-0.4, -0.2) is 29.0 Å². The highest BCUT2D eigenvalue weighted by Gasteiger charge is 2.67. The second kappa shape index (κ2) is 12.1. The monoisotopic (exact) mass is 745 g/mol. The van der Waals surface area contributed by atoms with Crippen LogP contribution in [0.5, 0.6) is 0 Å². The third-order valence-corrected chi connectivity index (χ3v) is 12.7. The van der Waals surface area contributed by atoms with E-state index in [2.05, 4.69) is 0 Å². The molecular formula is C45H32FN3O5S. The summed E-state index contributed by atoms with van der Waals surface area (Å²) in [5.74, 6) is -3.88. The molecule has 2 amide bonds. The van der Waals surface area contributed by atoms with E-state index < -0.39 is 46.9 Å². The van der Waals surface area contributed by atoms with Gasteiger partial charge >= 0.3 is 5.97 Å². The van der Waals surface area contributed by atoms with Crippen LogP contribution in [0, 0.1) is 17.7 Å². The molecule has 3 heterocycles. The van der Waals surface area contributed by atoms with E-state index in [1.165, 1.54) is 40.5 Å². The van der Waals surface area contributed by atoms with Gasteiger partial charge in [0.2, 0.25) is 11.8 Å². The lowest BCUT2D eigenvalue weighted by molar-refractivity contribution is -0.139. The fraction of sp³-hybridized carbons (Fsp3) is 0.178. The number of ether oxygens (including phenoxy) is 1. The number of halogens is 1. The molecule has 1 aromatic heterocycles. The van der Waals surface area contributed by atoms with Crippen LogP contribution in [0.4, 0.5) is 10.1 Å². The number of esters is 1. The van der Waals surface area contributed by atoms with Crippen molar-refractivity contribution in [3.63, 3.8) is 0 Å². The molecule has 8 nitrogen and oxygen atoms in total. The van der Waals surface area contributed by atoms with Crippen molar-refractivity contribution < 1.29 is 23.5 Å². The molecule has 1 fully saturated rings. The van der Waals surface area contributed by atoms with E-state index in [0.29, 0.717) is 20.7 Å². The summed E-state index contributed by atoms with van der Waals surface area (Å²) in [6.45, 7) is 3.64. The minimum atomic E-state index is -1.23. The Morgan fingerprint density at radius 1 is 0.836 bits per heavy atom. The predicted molar refractivity (Wildman–Crippen MR) is 207 cm³/mol. The third-order valence-electron chi connectivity index (χ3n) is 11.8. The summed E-state index contributed by atoms with van der Waals surface area (Å²) in [7, 11) is 0. The fourth-order valence-electron chi connectivity index (χ4n) is 9.70. The molecule has 270 valence electrons. The van der Waals surface area contributed by atoms with Crippen molar-refractivity contribution in [1.29, 1.82) is 0 Å². The molecule has 3 aliphatic carbocycles. The van der Waals surface area contributed by atoms with Crippen molar-refractivity contribution in [2.24, 2.45) is 16.8 Å². The minimum Gasteiger partial charge on any atom is -0.463 e. The number of hydrogen-bond acceptors (Lipinski definition) is 7. The first-order valence-electron chi connectivity index (χ1n) is 18.2. The van der Waals surface area contributed by atoms with Crippen molar-refractivity contribution in [3.05, 3.63) is 180 Å². The predicted octanol–water partition coefficient (Wildman–Crippen LogP) is 6.29. The van der Waals surface area contributed by atoms with Gasteiger partial charge in [-0.25, -0.2) is 19.1 Å². The summed E-state index contributed by atoms with van der Waals surface area (Å²) < 4.78 is 21.5. The SMILES string of the molecule is CCOC(=O)C1=C(C)N=c2s/c(=C/C34c5ccccc5C(c5ccccc53)[C@@H]3C(=O)N(c5ccc(F)cc5)C(=O)[C@@H]34)c(=O)n2[C@@H]1c1cccc2ccccc12. The summed E-state index contributed by atoms with van der Waals surface area (Å²) in [6.07, 6.45) is 1.88. The highest BCUT2D eigenvalue weighted by Crippen LogP contribution is 2.65. The number of fused-ring (bicyclic) bond motifs is 2. The number of hydrogen-bond donors (Lipinski definition) is 0. The normalized spacial score (nSPS) is 23.7. The molecule has 0 radical (unpaired) electrons. The van der Waals surface area contributed by atoms with E-state index in [9.17, 15) is 18.8 Å². The van der Waals surface area contributed by atoms with E-state index in [1.54, 1.807) is 18.4 Å². The number of imide groups is 1. The van der Waals surface area contributed by atoms with Gasteiger partial charge in [-0.3, -0.25) is 19.0 Å². The Hall–Kier alpha value is -6.26. The Bertz CT molecular complexity index is 2840. The van der Waals surface area contributed by atoms with Gasteiger partial charge in [-0.1, -0.05) is 102 Å². The standard InChI is InChI=1S/C45H32FN3O5S/c1-3-54-43(53)35-24(2)47-44-49(39(35)29-16-10-12-25-11-4-5-13-28(25)29)40(50)34(55-44)23-45-32-17-8-6-14-30(32)36(31-15-7-9-18-33(31)45)37-38(45)42(52)48(41(37)51)27-21-19-26(46)20-22-27/h4-23,36-39H,3H2,1-2H3/b34-23+/t36?,37-,38+,39+,45?/m0/s1. The average Bonchev–Trinajstić information content (AvgIpc) is 3.65. The van der Waals surface area contributed by atoms with Crippen molar-refractivity contribution in [1.82, 2.24) is 4.57 Å². The average molecular weight is 746 g/mol. The molecule has 1 saturated heterocycles. The molecule has 5 aromatic carbocycles. The molecule has 2 bridgehead atoms. The van der Waals surface area contributed by atoms with Gasteiger partial charge in [0.15, 0.2) is 4.80 Å². The van der Waals surface area contributed by atoms with Gasteiger partial charge in [-0.15, -0.1) is 0 Å². The fourth-order valence-corrected chi connectivity index (χ4v) is 10.8. The van der Waals surface area contributed by atoms with Gasteiger partial charge in [-0.2, -0.15) is 0 Å². The lowest BCUT2D eigenvalue weighted by Crippen LogP contribution is -2.53. The van der Waals surface area contributed by atoms with Crippen molar-refractivity contribution in [2.45, 2.75) is 31.2 Å². The summed E-state index contributed by atoms with van der Waals surface area (Å²) in [5.41, 5.74) is 3.69. The molecule has 11 rings (SSSR count). The van der Waals surface area contributed by atoms with Crippen LogP contribution in [0.15, 0.2) is 136 Å². The molecule has 0 N–H and O–H groups in total. The Balaban J connectivity index is 1.26. The van der Waals surface area contributed by atoms with Gasteiger partial charge in [0.05, 0.1) is 51.4 Å². The maximum atomic E-state index is 15.2. The molecule has 6 aromatic rings. The highest BCUT2D eigenvalue weighted by molar-refractivity contribution is 7.07. The summed E-state index contributed by atoms with van der Waals surface area (Å²) in [4.78, 5) is 65.0. The first-order chi connectivity index (χ1) is 26.7. The highest BCUT2D eigenvalue weighted by atomic mass is 32.1. The number of benzene rings is 5. The maximum Gasteiger partial charge on any atom is 0.338 e. The molecule has 5 aliphatic rings. The summed E-state index contributed by atoms with van der Waals surface area (Å²) in [5, 5.41) is 1.83. The van der Waals surface area contributed by atoms with E-state index >= 15 is 4.79 Å². The van der Waals surface area contributed by atoms with E-state index in [4.69, 9.17) is 9.73 Å². The van der Waals surface area contributed by atoms with Gasteiger partial charge in [0.25, 0.3) is 5.56 Å². The molecule has 0 saturated carbocycles. The zero-order valence-electron chi connectivity index (χ0n) is 29.7. The van der Waals surface area contributed by atoms with E-state index in [0.717, 1.165) is 38.6 Å². The lowest BCUT2D eigenvalue weighted by atomic mass is 9.47. The number of thiazole rings is 1. The smallest absolute Gasteiger partial charge is 0.338 e.